The highest BCUT2D eigenvalue weighted by Crippen LogP contribution is 2.27. The third kappa shape index (κ3) is 5.91. The summed E-state index contributed by atoms with van der Waals surface area (Å²) in [6, 6.07) is 24.6. The number of rotatable bonds is 9. The molecule has 41 heavy (non-hydrogen) atoms. The maximum atomic E-state index is 14.0. The van der Waals surface area contributed by atoms with Crippen LogP contribution in [-0.4, -0.2) is 45.4 Å². The van der Waals surface area contributed by atoms with Crippen LogP contribution in [-0.2, 0) is 27.2 Å². The van der Waals surface area contributed by atoms with Crippen LogP contribution in [0.15, 0.2) is 91.3 Å². The van der Waals surface area contributed by atoms with Gasteiger partial charge in [-0.05, 0) is 56.2 Å². The highest BCUT2D eigenvalue weighted by molar-refractivity contribution is 6.11. The number of nitrogens with zero attached hydrogens (tertiary/aromatic N) is 4. The number of hydrogen-bond donors (Lipinski definition) is 1. The Hall–Kier alpha value is -4.72. The lowest BCUT2D eigenvalue weighted by molar-refractivity contribution is -0.140. The van der Waals surface area contributed by atoms with E-state index in [0.717, 1.165) is 29.4 Å². The molecule has 5 rings (SSSR count). The van der Waals surface area contributed by atoms with Gasteiger partial charge in [-0.25, -0.2) is 0 Å². The molecule has 0 radical (unpaired) electrons. The van der Waals surface area contributed by atoms with E-state index < -0.39 is 11.8 Å². The summed E-state index contributed by atoms with van der Waals surface area (Å²) in [6.07, 6.45) is 5.26. The van der Waals surface area contributed by atoms with Crippen LogP contribution in [0.5, 0.6) is 0 Å². The highest BCUT2D eigenvalue weighted by atomic mass is 16.2. The van der Waals surface area contributed by atoms with Gasteiger partial charge in [-0.15, -0.1) is 0 Å². The molecule has 3 amide bonds. The third-order valence-corrected chi connectivity index (χ3v) is 7.34. The smallest absolute Gasteiger partial charge is 0.247 e. The first-order valence-electron chi connectivity index (χ1n) is 14.1. The van der Waals surface area contributed by atoms with Crippen molar-refractivity contribution in [2.75, 3.05) is 16.3 Å². The molecule has 8 heteroatoms. The van der Waals surface area contributed by atoms with Crippen molar-refractivity contribution in [1.82, 2.24) is 15.1 Å². The molecule has 8 nitrogen and oxygen atoms in total. The topological polar surface area (TPSA) is 89.6 Å². The van der Waals surface area contributed by atoms with Crippen LogP contribution in [0.4, 0.5) is 11.4 Å². The second-order valence-electron chi connectivity index (χ2n) is 10.6. The number of nitrogens with one attached hydrogen (secondary N) is 1. The Kier molecular flexibility index (Phi) is 8.29. The number of aromatic amines is 1. The fraction of sp³-hybridized carbons (Fsp3) is 0.273. The van der Waals surface area contributed by atoms with Gasteiger partial charge in [0.1, 0.15) is 12.5 Å². The van der Waals surface area contributed by atoms with E-state index in [1.807, 2.05) is 92.7 Å². The lowest BCUT2D eigenvalue weighted by Crippen LogP contribution is -2.46. The molecule has 0 saturated carbocycles. The number of aryl methyl sites for hydroxylation is 1. The van der Waals surface area contributed by atoms with Gasteiger partial charge < -0.3 is 9.80 Å². The van der Waals surface area contributed by atoms with Crippen LogP contribution in [0.1, 0.15) is 38.4 Å². The predicted octanol–water partition coefficient (Wildman–Crippen LogP) is 5.46. The molecule has 1 aromatic heterocycles. The van der Waals surface area contributed by atoms with Crippen molar-refractivity contribution in [1.29, 1.82) is 0 Å². The number of aromatic nitrogens is 2. The quantitative estimate of drug-likeness (QED) is 0.281. The van der Waals surface area contributed by atoms with E-state index in [4.69, 9.17) is 0 Å². The minimum Gasteiger partial charge on any atom is -0.308 e. The predicted molar refractivity (Wildman–Crippen MR) is 161 cm³/mol. The largest absolute Gasteiger partial charge is 0.308 e. The Morgan fingerprint density at radius 3 is 2.34 bits per heavy atom. The molecule has 1 aliphatic rings. The van der Waals surface area contributed by atoms with Crippen molar-refractivity contribution in [3.63, 3.8) is 0 Å². The number of amides is 3. The lowest BCUT2D eigenvalue weighted by Gasteiger charge is -2.30. The molecule has 0 spiro atoms. The normalized spacial score (nSPS) is 15.6. The summed E-state index contributed by atoms with van der Waals surface area (Å²) >= 11 is 0. The number of carbonyl (C=O) groups excluding carboxylic acids is 3. The second kappa shape index (κ2) is 12.2. The number of benzene rings is 3. The number of H-pyrrole nitrogens is 1. The molecule has 3 aromatic carbocycles. The number of para-hydroxylation sites is 2. The van der Waals surface area contributed by atoms with E-state index in [1.54, 1.807) is 17.3 Å². The summed E-state index contributed by atoms with van der Waals surface area (Å²) in [5.74, 6) is -2.08. The number of carbonyl (C=O) groups is 3. The van der Waals surface area contributed by atoms with E-state index in [1.165, 1.54) is 15.4 Å². The van der Waals surface area contributed by atoms with E-state index in [9.17, 15) is 14.4 Å². The minimum atomic E-state index is -1.05. The minimum absolute atomic E-state index is 0.125. The Balaban J connectivity index is 1.46. The van der Waals surface area contributed by atoms with Crippen molar-refractivity contribution in [2.24, 2.45) is 5.92 Å². The van der Waals surface area contributed by atoms with Crippen LogP contribution < -0.4 is 9.80 Å². The number of fused-ring (bicyclic) bond motifs is 1. The van der Waals surface area contributed by atoms with Crippen molar-refractivity contribution in [3.05, 3.63) is 103 Å². The van der Waals surface area contributed by atoms with E-state index in [-0.39, 0.29) is 30.8 Å². The van der Waals surface area contributed by atoms with Crippen LogP contribution in [0.3, 0.4) is 0 Å². The standard InChI is InChI=1S/C33H35N5O3/c1-4-10-24-15-17-26(18-16-24)38(23(2)3)31(39)22-36-19-20-37(25-11-6-5-7-12-25)33(41)28(32(36)40)21-30-27-13-8-9-14-29(27)34-35-30/h5-9,11-20,23,28H,4,10,21-22H2,1-3H3,(H,34,35). The van der Waals surface area contributed by atoms with Crippen LogP contribution >= 0.6 is 0 Å². The van der Waals surface area contributed by atoms with Crippen LogP contribution in [0, 0.1) is 5.92 Å². The summed E-state index contributed by atoms with van der Waals surface area (Å²) in [4.78, 5) is 46.2. The zero-order chi connectivity index (χ0) is 28.9. The number of anilines is 2. The van der Waals surface area contributed by atoms with Gasteiger partial charge in [-0.3, -0.25) is 24.4 Å². The molecular weight excluding hydrogens is 514 g/mol. The van der Waals surface area contributed by atoms with E-state index in [2.05, 4.69) is 17.1 Å². The molecule has 4 aromatic rings. The summed E-state index contributed by atoms with van der Waals surface area (Å²) in [6.45, 7) is 5.84. The van der Waals surface area contributed by atoms with Gasteiger partial charge in [0.25, 0.3) is 0 Å². The van der Waals surface area contributed by atoms with E-state index >= 15 is 0 Å². The molecule has 0 bridgehead atoms. The maximum absolute atomic E-state index is 14.0. The molecule has 0 aliphatic carbocycles. The SMILES string of the molecule is CCCc1ccc(N(C(=O)CN2C=CN(c3ccccc3)C(=O)C(Cc3[nH]nc4ccccc34)C2=O)C(C)C)cc1. The van der Waals surface area contributed by atoms with Crippen molar-refractivity contribution in [2.45, 2.75) is 46.1 Å². The van der Waals surface area contributed by atoms with Gasteiger partial charge in [0.15, 0.2) is 0 Å². The zero-order valence-electron chi connectivity index (χ0n) is 23.7. The zero-order valence-corrected chi connectivity index (χ0v) is 23.7. The molecule has 0 saturated heterocycles. The van der Waals surface area contributed by atoms with Gasteiger partial charge in [0.2, 0.25) is 17.7 Å². The van der Waals surface area contributed by atoms with Crippen molar-refractivity contribution in [3.8, 4) is 0 Å². The Bertz CT molecular complexity index is 1560. The van der Waals surface area contributed by atoms with Crippen LogP contribution in [0.2, 0.25) is 0 Å². The lowest BCUT2D eigenvalue weighted by atomic mass is 9.98. The Morgan fingerprint density at radius 1 is 0.927 bits per heavy atom. The Labute approximate surface area is 240 Å². The molecule has 1 unspecified atom stereocenters. The summed E-state index contributed by atoms with van der Waals surface area (Å²) in [5, 5.41) is 8.22. The van der Waals surface area contributed by atoms with Gasteiger partial charge in [0.05, 0.1) is 5.52 Å². The molecule has 210 valence electrons. The first kappa shape index (κ1) is 27.8. The highest BCUT2D eigenvalue weighted by Gasteiger charge is 2.38. The monoisotopic (exact) mass is 549 g/mol. The summed E-state index contributed by atoms with van der Waals surface area (Å²) in [7, 11) is 0. The molecule has 1 aliphatic heterocycles. The fourth-order valence-corrected chi connectivity index (χ4v) is 5.31. The van der Waals surface area contributed by atoms with Crippen molar-refractivity contribution < 1.29 is 14.4 Å². The first-order valence-corrected chi connectivity index (χ1v) is 14.1. The van der Waals surface area contributed by atoms with Gasteiger partial charge in [-0.1, -0.05) is 61.9 Å². The summed E-state index contributed by atoms with van der Waals surface area (Å²) in [5.41, 5.74) is 4.10. The average Bonchev–Trinajstić information content (AvgIpc) is 3.34. The molecule has 1 N–H and O–H groups in total. The maximum Gasteiger partial charge on any atom is 0.247 e. The first-order chi connectivity index (χ1) is 19.9. The van der Waals surface area contributed by atoms with Gasteiger partial charge in [-0.2, -0.15) is 5.10 Å². The molecule has 1 atom stereocenters. The Morgan fingerprint density at radius 2 is 1.63 bits per heavy atom. The van der Waals surface area contributed by atoms with Gasteiger partial charge >= 0.3 is 0 Å². The number of hydrogen-bond acceptors (Lipinski definition) is 4. The van der Waals surface area contributed by atoms with Gasteiger partial charge in [0, 0.05) is 47.3 Å². The molecule has 2 heterocycles. The molecular formula is C33H35N5O3. The second-order valence-corrected chi connectivity index (χ2v) is 10.6. The van der Waals surface area contributed by atoms with Crippen molar-refractivity contribution >= 4 is 40.0 Å². The van der Waals surface area contributed by atoms with Crippen LogP contribution in [0.25, 0.3) is 10.9 Å². The van der Waals surface area contributed by atoms with E-state index in [0.29, 0.717) is 11.4 Å². The average molecular weight is 550 g/mol. The summed E-state index contributed by atoms with van der Waals surface area (Å²) < 4.78 is 0. The third-order valence-electron chi connectivity index (χ3n) is 7.34. The molecule has 0 fully saturated rings. The fourth-order valence-electron chi connectivity index (χ4n) is 5.31.